The summed E-state index contributed by atoms with van der Waals surface area (Å²) in [5.74, 6) is 0.404. The van der Waals surface area contributed by atoms with Gasteiger partial charge < -0.3 is 10.6 Å². The molecule has 23 heavy (non-hydrogen) atoms. The third-order valence-corrected chi connectivity index (χ3v) is 4.66. The summed E-state index contributed by atoms with van der Waals surface area (Å²) in [4.78, 5) is 26.0. The van der Waals surface area contributed by atoms with Crippen LogP contribution in [0.3, 0.4) is 0 Å². The molecular formula is C16H31ClN4O2. The van der Waals surface area contributed by atoms with Crippen molar-refractivity contribution < 1.29 is 9.59 Å². The van der Waals surface area contributed by atoms with Crippen LogP contribution in [0, 0.1) is 5.92 Å². The number of carbonyl (C=O) groups is 2. The molecule has 1 saturated carbocycles. The van der Waals surface area contributed by atoms with Gasteiger partial charge in [0.1, 0.15) is 0 Å². The number of piperidine rings is 1. The van der Waals surface area contributed by atoms with Crippen molar-refractivity contribution in [3.8, 4) is 0 Å². The minimum absolute atomic E-state index is 0. The average Bonchev–Trinajstić information content (AvgIpc) is 2.48. The van der Waals surface area contributed by atoms with E-state index >= 15 is 0 Å². The summed E-state index contributed by atoms with van der Waals surface area (Å²) in [7, 11) is 1.96. The number of carbonyl (C=O) groups excluding carboxylic acids is 2. The predicted octanol–water partition coefficient (Wildman–Crippen LogP) is 1.50. The number of nitrogens with zero attached hydrogens (tertiary/aromatic N) is 1. The Morgan fingerprint density at radius 2 is 1.83 bits per heavy atom. The molecule has 0 spiro atoms. The van der Waals surface area contributed by atoms with Crippen LogP contribution in [-0.2, 0) is 4.79 Å². The summed E-state index contributed by atoms with van der Waals surface area (Å²) >= 11 is 0. The van der Waals surface area contributed by atoms with Crippen LogP contribution in [0.5, 0.6) is 0 Å². The normalized spacial score (nSPS) is 22.9. The molecule has 0 radical (unpaired) electrons. The largest absolute Gasteiger partial charge is 0.335 e. The molecule has 1 aliphatic heterocycles. The first-order valence-corrected chi connectivity index (χ1v) is 8.64. The molecule has 2 aliphatic rings. The highest BCUT2D eigenvalue weighted by molar-refractivity contribution is 5.95. The van der Waals surface area contributed by atoms with Crippen LogP contribution in [0.25, 0.3) is 0 Å². The van der Waals surface area contributed by atoms with Crippen LogP contribution in [0.15, 0.2) is 0 Å². The van der Waals surface area contributed by atoms with Gasteiger partial charge >= 0.3 is 6.03 Å². The Labute approximate surface area is 145 Å². The Bertz CT molecular complexity index is 373. The lowest BCUT2D eigenvalue weighted by atomic mass is 9.96. The predicted molar refractivity (Wildman–Crippen MR) is 93.9 cm³/mol. The number of amides is 3. The van der Waals surface area contributed by atoms with Gasteiger partial charge in [0, 0.05) is 12.6 Å². The summed E-state index contributed by atoms with van der Waals surface area (Å²) in [6.07, 6.45) is 7.97. The summed E-state index contributed by atoms with van der Waals surface area (Å²) < 4.78 is 0. The van der Waals surface area contributed by atoms with Gasteiger partial charge in [-0.15, -0.1) is 12.4 Å². The van der Waals surface area contributed by atoms with Crippen molar-refractivity contribution in [1.82, 2.24) is 20.9 Å². The summed E-state index contributed by atoms with van der Waals surface area (Å²) in [6, 6.07) is -0.0998. The molecule has 0 aromatic carbocycles. The molecule has 3 N–H and O–H groups in total. The highest BCUT2D eigenvalue weighted by Crippen LogP contribution is 2.17. The number of hydrogen-bond acceptors (Lipinski definition) is 4. The fraction of sp³-hybridized carbons (Fsp3) is 0.875. The number of halogens is 1. The van der Waals surface area contributed by atoms with E-state index in [9.17, 15) is 9.59 Å². The molecule has 134 valence electrons. The Hall–Kier alpha value is -0.850. The summed E-state index contributed by atoms with van der Waals surface area (Å²) in [5.41, 5.74) is 0. The number of imide groups is 1. The number of urea groups is 1. The zero-order valence-electron chi connectivity index (χ0n) is 14.1. The average molecular weight is 347 g/mol. The fourth-order valence-electron chi connectivity index (χ4n) is 3.59. The van der Waals surface area contributed by atoms with Gasteiger partial charge in [-0.3, -0.25) is 15.0 Å². The minimum Gasteiger partial charge on any atom is -0.335 e. The number of hydrogen-bond donors (Lipinski definition) is 3. The van der Waals surface area contributed by atoms with Crippen molar-refractivity contribution in [2.45, 2.75) is 51.0 Å². The van der Waals surface area contributed by atoms with E-state index in [1.807, 2.05) is 7.05 Å². The maximum Gasteiger partial charge on any atom is 0.321 e. The molecule has 2 rings (SSSR count). The van der Waals surface area contributed by atoms with Crippen molar-refractivity contribution in [3.63, 3.8) is 0 Å². The first-order valence-electron chi connectivity index (χ1n) is 8.64. The van der Waals surface area contributed by atoms with E-state index in [1.54, 1.807) is 0 Å². The summed E-state index contributed by atoms with van der Waals surface area (Å²) in [5, 5.41) is 8.59. The molecule has 1 heterocycles. The van der Waals surface area contributed by atoms with Crippen LogP contribution in [0.1, 0.15) is 44.9 Å². The smallest absolute Gasteiger partial charge is 0.321 e. The monoisotopic (exact) mass is 346 g/mol. The van der Waals surface area contributed by atoms with Crippen molar-refractivity contribution in [2.75, 3.05) is 33.2 Å². The maximum absolute atomic E-state index is 12.0. The fourth-order valence-corrected chi connectivity index (χ4v) is 3.59. The lowest BCUT2D eigenvalue weighted by Crippen LogP contribution is -2.49. The second-order valence-corrected chi connectivity index (χ2v) is 6.66. The lowest BCUT2D eigenvalue weighted by molar-refractivity contribution is -0.121. The van der Waals surface area contributed by atoms with Gasteiger partial charge in [-0.05, 0) is 51.7 Å². The van der Waals surface area contributed by atoms with E-state index in [0.717, 1.165) is 38.9 Å². The Balaban J connectivity index is 0.00000264. The second-order valence-electron chi connectivity index (χ2n) is 6.66. The highest BCUT2D eigenvalue weighted by atomic mass is 35.5. The van der Waals surface area contributed by atoms with E-state index in [0.29, 0.717) is 12.5 Å². The molecule has 1 atom stereocenters. The van der Waals surface area contributed by atoms with E-state index in [1.165, 1.54) is 25.7 Å². The number of likely N-dealkylation sites (tertiary alicyclic amines) is 1. The number of nitrogens with one attached hydrogen (secondary N) is 3. The topological polar surface area (TPSA) is 73.5 Å². The molecule has 6 nitrogen and oxygen atoms in total. The molecular weight excluding hydrogens is 316 g/mol. The van der Waals surface area contributed by atoms with E-state index < -0.39 is 0 Å². The van der Waals surface area contributed by atoms with Gasteiger partial charge in [-0.2, -0.15) is 0 Å². The molecule has 0 aromatic rings. The van der Waals surface area contributed by atoms with E-state index in [-0.39, 0.29) is 30.4 Å². The van der Waals surface area contributed by atoms with Crippen LogP contribution in [0.4, 0.5) is 4.79 Å². The third kappa shape index (κ3) is 7.50. The second kappa shape index (κ2) is 10.8. The molecule has 0 bridgehead atoms. The van der Waals surface area contributed by atoms with Gasteiger partial charge in [0.25, 0.3) is 0 Å². The molecule has 1 aliphatic carbocycles. The Morgan fingerprint density at radius 1 is 1.09 bits per heavy atom. The van der Waals surface area contributed by atoms with Crippen molar-refractivity contribution in [1.29, 1.82) is 0 Å². The SMILES string of the molecule is CNCC1CCCN(CC(=O)NC(=O)NC2CCCCC2)C1.Cl. The first-order chi connectivity index (χ1) is 10.7. The molecule has 3 amide bonds. The zero-order chi connectivity index (χ0) is 15.8. The van der Waals surface area contributed by atoms with Gasteiger partial charge in [0.15, 0.2) is 0 Å². The van der Waals surface area contributed by atoms with Crippen LogP contribution >= 0.6 is 12.4 Å². The maximum atomic E-state index is 12.0. The standard InChI is InChI=1S/C16H30N4O2.ClH/c1-17-10-13-6-5-9-20(11-13)12-15(21)19-16(22)18-14-7-3-2-4-8-14;/h13-14,17H,2-12H2,1H3,(H2,18,19,21,22);1H. The van der Waals surface area contributed by atoms with Crippen LogP contribution in [0.2, 0.25) is 0 Å². The van der Waals surface area contributed by atoms with Gasteiger partial charge in [0.05, 0.1) is 6.54 Å². The van der Waals surface area contributed by atoms with Crippen LogP contribution < -0.4 is 16.0 Å². The zero-order valence-corrected chi connectivity index (χ0v) is 14.9. The Morgan fingerprint density at radius 3 is 2.52 bits per heavy atom. The minimum atomic E-state index is -0.333. The third-order valence-electron chi connectivity index (χ3n) is 4.66. The molecule has 0 aromatic heterocycles. The number of rotatable bonds is 5. The quantitative estimate of drug-likeness (QED) is 0.705. The first kappa shape index (κ1) is 20.2. The Kier molecular flexibility index (Phi) is 9.52. The molecule has 1 unspecified atom stereocenters. The molecule has 7 heteroatoms. The van der Waals surface area contributed by atoms with Crippen LogP contribution in [-0.4, -0.2) is 56.1 Å². The van der Waals surface area contributed by atoms with E-state index in [4.69, 9.17) is 0 Å². The van der Waals surface area contributed by atoms with Crippen molar-refractivity contribution in [2.24, 2.45) is 5.92 Å². The van der Waals surface area contributed by atoms with Crippen molar-refractivity contribution >= 4 is 24.3 Å². The lowest BCUT2D eigenvalue weighted by Gasteiger charge is -2.32. The molecule has 1 saturated heterocycles. The summed E-state index contributed by atoms with van der Waals surface area (Å²) in [6.45, 7) is 3.18. The van der Waals surface area contributed by atoms with Crippen molar-refractivity contribution in [3.05, 3.63) is 0 Å². The highest BCUT2D eigenvalue weighted by Gasteiger charge is 2.22. The van der Waals surface area contributed by atoms with Gasteiger partial charge in [-0.1, -0.05) is 19.3 Å². The van der Waals surface area contributed by atoms with Gasteiger partial charge in [0.2, 0.25) is 5.91 Å². The van der Waals surface area contributed by atoms with E-state index in [2.05, 4.69) is 20.9 Å². The molecule has 2 fully saturated rings. The van der Waals surface area contributed by atoms with Gasteiger partial charge in [-0.25, -0.2) is 4.79 Å².